The van der Waals surface area contributed by atoms with Crippen molar-refractivity contribution in [3.8, 4) is 11.1 Å². The maximum absolute atomic E-state index is 13.0. The molecule has 4 rings (SSSR count). The molecule has 1 aromatic heterocycles. The average molecular weight is 393 g/mol. The zero-order valence-electron chi connectivity index (χ0n) is 15.9. The van der Waals surface area contributed by atoms with Crippen LogP contribution in [0.5, 0.6) is 0 Å². The van der Waals surface area contributed by atoms with Crippen LogP contribution < -0.4 is 10.2 Å². The second-order valence-corrected chi connectivity index (χ2v) is 7.93. The first-order chi connectivity index (χ1) is 13.7. The molecule has 2 aromatic carbocycles. The third-order valence-corrected chi connectivity index (χ3v) is 6.16. The molecule has 2 heterocycles. The van der Waals surface area contributed by atoms with E-state index >= 15 is 0 Å². The van der Waals surface area contributed by atoms with Crippen LogP contribution in [-0.4, -0.2) is 32.2 Å². The highest BCUT2D eigenvalue weighted by Crippen LogP contribution is 2.39. The molecule has 1 aliphatic heterocycles. The Hall–Kier alpha value is -2.63. The third-order valence-electron chi connectivity index (χ3n) is 4.97. The molecule has 0 radical (unpaired) electrons. The number of thiophene rings is 1. The molecule has 0 aliphatic carbocycles. The fraction of sp³-hybridized carbons (Fsp3) is 0.261. The van der Waals surface area contributed by atoms with Crippen LogP contribution in [0, 0.1) is 0 Å². The molecule has 3 aromatic rings. The summed E-state index contributed by atoms with van der Waals surface area (Å²) < 4.78 is 5.51. The van der Waals surface area contributed by atoms with Gasteiger partial charge in [0.2, 0.25) is 0 Å². The maximum atomic E-state index is 13.0. The molecule has 28 heavy (non-hydrogen) atoms. The van der Waals surface area contributed by atoms with Gasteiger partial charge in [-0.3, -0.25) is 4.79 Å². The van der Waals surface area contributed by atoms with Gasteiger partial charge in [0, 0.05) is 18.7 Å². The van der Waals surface area contributed by atoms with E-state index in [1.165, 1.54) is 0 Å². The lowest BCUT2D eigenvalue weighted by molar-refractivity contribution is 0.0944. The molecule has 1 fully saturated rings. The minimum Gasteiger partial charge on any atom is -0.378 e. The van der Waals surface area contributed by atoms with Crippen molar-refractivity contribution in [2.45, 2.75) is 13.0 Å². The van der Waals surface area contributed by atoms with Gasteiger partial charge in [0.25, 0.3) is 5.91 Å². The summed E-state index contributed by atoms with van der Waals surface area (Å²) in [5.41, 5.74) is 3.35. The van der Waals surface area contributed by atoms with Gasteiger partial charge in [0.1, 0.15) is 0 Å². The van der Waals surface area contributed by atoms with Crippen LogP contribution >= 0.6 is 11.3 Å². The summed E-state index contributed by atoms with van der Waals surface area (Å²) in [4.78, 5) is 16.0. The minimum absolute atomic E-state index is 0.0296. The molecule has 144 valence electrons. The van der Waals surface area contributed by atoms with Crippen molar-refractivity contribution < 1.29 is 9.53 Å². The van der Waals surface area contributed by atoms with Gasteiger partial charge in [-0.25, -0.2) is 0 Å². The summed E-state index contributed by atoms with van der Waals surface area (Å²) >= 11 is 1.56. The summed E-state index contributed by atoms with van der Waals surface area (Å²) in [6, 6.07) is 22.3. The van der Waals surface area contributed by atoms with E-state index in [1.54, 1.807) is 11.3 Å². The zero-order valence-corrected chi connectivity index (χ0v) is 16.7. The van der Waals surface area contributed by atoms with Crippen LogP contribution in [0.3, 0.4) is 0 Å². The number of hydrogen-bond acceptors (Lipinski definition) is 4. The fourth-order valence-electron chi connectivity index (χ4n) is 3.41. The number of ether oxygens (including phenoxy) is 1. The SMILES string of the molecule is CC(NC(=O)c1cc(-c2ccccc2)c(N2CCOCC2)s1)c1ccccc1. The molecule has 4 nitrogen and oxygen atoms in total. The number of morpholine rings is 1. The van der Waals surface area contributed by atoms with Crippen molar-refractivity contribution in [3.05, 3.63) is 77.2 Å². The Morgan fingerprint density at radius 1 is 1.04 bits per heavy atom. The van der Waals surface area contributed by atoms with Crippen LogP contribution in [0.25, 0.3) is 11.1 Å². The molecule has 1 amide bonds. The number of hydrogen-bond donors (Lipinski definition) is 1. The predicted molar refractivity (Wildman–Crippen MR) is 115 cm³/mol. The highest BCUT2D eigenvalue weighted by molar-refractivity contribution is 7.18. The van der Waals surface area contributed by atoms with Crippen LogP contribution in [0.2, 0.25) is 0 Å². The minimum atomic E-state index is -0.0391. The topological polar surface area (TPSA) is 41.6 Å². The lowest BCUT2D eigenvalue weighted by atomic mass is 10.1. The van der Waals surface area contributed by atoms with E-state index in [-0.39, 0.29) is 11.9 Å². The average Bonchev–Trinajstić information content (AvgIpc) is 3.21. The Balaban J connectivity index is 1.62. The van der Waals surface area contributed by atoms with E-state index in [2.05, 4.69) is 22.3 Å². The number of anilines is 1. The third kappa shape index (κ3) is 4.11. The highest BCUT2D eigenvalue weighted by atomic mass is 32.1. The number of rotatable bonds is 5. The van der Waals surface area contributed by atoms with E-state index in [0.717, 1.165) is 52.9 Å². The molecule has 1 atom stereocenters. The highest BCUT2D eigenvalue weighted by Gasteiger charge is 2.22. The number of nitrogens with one attached hydrogen (secondary N) is 1. The molecular formula is C23H24N2O2S. The van der Waals surface area contributed by atoms with Crippen molar-refractivity contribution in [1.82, 2.24) is 5.32 Å². The Bertz CT molecular complexity index is 918. The van der Waals surface area contributed by atoms with Gasteiger partial charge >= 0.3 is 0 Å². The number of nitrogens with zero attached hydrogens (tertiary/aromatic N) is 1. The standard InChI is InChI=1S/C23H24N2O2S/c1-17(18-8-4-2-5-9-18)24-22(26)21-16-20(19-10-6-3-7-11-19)23(28-21)25-12-14-27-15-13-25/h2-11,16-17H,12-15H2,1H3,(H,24,26). The molecule has 1 saturated heterocycles. The molecule has 0 saturated carbocycles. The Morgan fingerprint density at radius 3 is 2.36 bits per heavy atom. The smallest absolute Gasteiger partial charge is 0.261 e. The first-order valence-electron chi connectivity index (χ1n) is 9.60. The quantitative estimate of drug-likeness (QED) is 0.682. The normalized spacial score (nSPS) is 15.2. The van der Waals surface area contributed by atoms with Gasteiger partial charge < -0.3 is 15.0 Å². The molecule has 0 bridgehead atoms. The van der Waals surface area contributed by atoms with E-state index < -0.39 is 0 Å². The van der Waals surface area contributed by atoms with Crippen LogP contribution in [0.15, 0.2) is 66.7 Å². The Labute approximate surface area is 169 Å². The van der Waals surface area contributed by atoms with Crippen molar-refractivity contribution in [3.63, 3.8) is 0 Å². The first-order valence-corrected chi connectivity index (χ1v) is 10.4. The van der Waals surface area contributed by atoms with E-state index in [0.29, 0.717) is 0 Å². The Morgan fingerprint density at radius 2 is 1.68 bits per heavy atom. The molecule has 1 aliphatic rings. The summed E-state index contributed by atoms with van der Waals surface area (Å²) in [6.45, 7) is 5.16. The number of carbonyl (C=O) groups excluding carboxylic acids is 1. The van der Waals surface area contributed by atoms with Crippen molar-refractivity contribution in [2.24, 2.45) is 0 Å². The van der Waals surface area contributed by atoms with Gasteiger partial charge in [0.15, 0.2) is 0 Å². The van der Waals surface area contributed by atoms with E-state index in [4.69, 9.17) is 4.74 Å². The van der Waals surface area contributed by atoms with Gasteiger partial charge in [-0.2, -0.15) is 0 Å². The number of benzene rings is 2. The second kappa shape index (κ2) is 8.59. The van der Waals surface area contributed by atoms with Gasteiger partial charge in [-0.1, -0.05) is 60.7 Å². The molecule has 1 unspecified atom stereocenters. The van der Waals surface area contributed by atoms with Gasteiger partial charge in [-0.05, 0) is 24.1 Å². The maximum Gasteiger partial charge on any atom is 0.261 e. The monoisotopic (exact) mass is 392 g/mol. The molecule has 0 spiro atoms. The van der Waals surface area contributed by atoms with Crippen LogP contribution in [-0.2, 0) is 4.74 Å². The fourth-order valence-corrected chi connectivity index (χ4v) is 4.55. The number of amides is 1. The van der Waals surface area contributed by atoms with Crippen LogP contribution in [0.4, 0.5) is 5.00 Å². The summed E-state index contributed by atoms with van der Waals surface area (Å²) in [5, 5.41) is 4.28. The molecule has 5 heteroatoms. The largest absolute Gasteiger partial charge is 0.378 e. The summed E-state index contributed by atoms with van der Waals surface area (Å²) in [6.07, 6.45) is 0. The van der Waals surface area contributed by atoms with Crippen molar-refractivity contribution in [1.29, 1.82) is 0 Å². The first kappa shape index (κ1) is 18.7. The van der Waals surface area contributed by atoms with E-state index in [9.17, 15) is 4.79 Å². The van der Waals surface area contributed by atoms with Gasteiger partial charge in [0.05, 0.1) is 29.1 Å². The second-order valence-electron chi connectivity index (χ2n) is 6.90. The van der Waals surface area contributed by atoms with E-state index in [1.807, 2.05) is 61.5 Å². The van der Waals surface area contributed by atoms with Crippen molar-refractivity contribution >= 4 is 22.2 Å². The van der Waals surface area contributed by atoms with Gasteiger partial charge in [-0.15, -0.1) is 11.3 Å². The lowest BCUT2D eigenvalue weighted by Crippen LogP contribution is -2.35. The summed E-state index contributed by atoms with van der Waals surface area (Å²) in [7, 11) is 0. The zero-order chi connectivity index (χ0) is 19.3. The molecule has 1 N–H and O–H groups in total. The van der Waals surface area contributed by atoms with Crippen molar-refractivity contribution in [2.75, 3.05) is 31.2 Å². The Kier molecular flexibility index (Phi) is 5.74. The summed E-state index contributed by atoms with van der Waals surface area (Å²) in [5.74, 6) is -0.0296. The number of carbonyl (C=O) groups is 1. The predicted octanol–water partition coefficient (Wildman–Crippen LogP) is 4.74. The lowest BCUT2D eigenvalue weighted by Gasteiger charge is -2.28. The molecular weight excluding hydrogens is 368 g/mol. The van der Waals surface area contributed by atoms with Crippen LogP contribution in [0.1, 0.15) is 28.2 Å².